The zero-order valence-corrected chi connectivity index (χ0v) is 16.5. The fourth-order valence-electron chi connectivity index (χ4n) is 3.71. The average Bonchev–Trinajstić information content (AvgIpc) is 3.13. The number of likely N-dealkylation sites (N-methyl/N-ethyl adjacent to an activating group) is 1. The van der Waals surface area contributed by atoms with E-state index in [1.54, 1.807) is 0 Å². The van der Waals surface area contributed by atoms with Crippen molar-refractivity contribution in [3.05, 3.63) is 47.9 Å². The summed E-state index contributed by atoms with van der Waals surface area (Å²) in [6, 6.07) is 10.6. The standard InChI is InChI=1S/C20H27N7/c1-20(2,3)27-19(22-23-24-27)18(26-12-10-25(4)11-13-26)16-7-8-17-15(14-16)6-5-9-21-17/h5-9,14,18H,10-13H2,1-4H3. The van der Waals surface area contributed by atoms with Crippen LogP contribution in [-0.2, 0) is 5.54 Å². The van der Waals surface area contributed by atoms with Gasteiger partial charge in [0, 0.05) is 37.8 Å². The molecule has 3 heterocycles. The van der Waals surface area contributed by atoms with Crippen molar-refractivity contribution in [1.29, 1.82) is 0 Å². The van der Waals surface area contributed by atoms with E-state index in [0.29, 0.717) is 0 Å². The molecule has 1 saturated heterocycles. The van der Waals surface area contributed by atoms with Gasteiger partial charge in [-0.05, 0) is 62.0 Å². The van der Waals surface area contributed by atoms with Crippen molar-refractivity contribution in [3.8, 4) is 0 Å². The van der Waals surface area contributed by atoms with Crippen molar-refractivity contribution in [2.75, 3.05) is 33.2 Å². The number of nitrogens with zero attached hydrogens (tertiary/aromatic N) is 7. The van der Waals surface area contributed by atoms with Crippen molar-refractivity contribution in [2.45, 2.75) is 32.4 Å². The van der Waals surface area contributed by atoms with Crippen LogP contribution in [0.25, 0.3) is 10.9 Å². The molecule has 7 nitrogen and oxygen atoms in total. The fourth-order valence-corrected chi connectivity index (χ4v) is 3.71. The van der Waals surface area contributed by atoms with Crippen molar-refractivity contribution in [1.82, 2.24) is 35.0 Å². The fraction of sp³-hybridized carbons (Fsp3) is 0.500. The number of tetrazole rings is 1. The summed E-state index contributed by atoms with van der Waals surface area (Å²) in [6.45, 7) is 10.5. The Balaban J connectivity index is 1.82. The summed E-state index contributed by atoms with van der Waals surface area (Å²) in [5, 5.41) is 13.9. The number of aromatic nitrogens is 5. The highest BCUT2D eigenvalue weighted by Crippen LogP contribution is 2.31. The second-order valence-electron chi connectivity index (χ2n) is 8.32. The molecular formula is C20H27N7. The van der Waals surface area contributed by atoms with E-state index in [0.717, 1.165) is 42.9 Å². The number of piperazine rings is 1. The Morgan fingerprint density at radius 3 is 2.56 bits per heavy atom. The highest BCUT2D eigenvalue weighted by atomic mass is 15.6. The third-order valence-corrected chi connectivity index (χ3v) is 5.22. The maximum atomic E-state index is 4.46. The van der Waals surface area contributed by atoms with Gasteiger partial charge in [0.25, 0.3) is 0 Å². The largest absolute Gasteiger partial charge is 0.304 e. The first-order valence-electron chi connectivity index (χ1n) is 9.49. The monoisotopic (exact) mass is 365 g/mol. The number of hydrogen-bond acceptors (Lipinski definition) is 6. The summed E-state index contributed by atoms with van der Waals surface area (Å²) >= 11 is 0. The van der Waals surface area contributed by atoms with Gasteiger partial charge in [0.2, 0.25) is 0 Å². The Bertz CT molecular complexity index is 919. The van der Waals surface area contributed by atoms with E-state index in [4.69, 9.17) is 0 Å². The molecule has 142 valence electrons. The minimum atomic E-state index is -0.179. The molecule has 1 aromatic carbocycles. The SMILES string of the molecule is CN1CCN(C(c2ccc3ncccc3c2)c2nnnn2C(C)(C)C)CC1. The van der Waals surface area contributed by atoms with Gasteiger partial charge in [0.15, 0.2) is 5.82 Å². The minimum absolute atomic E-state index is 0.0255. The normalized spacial score (nSPS) is 18.1. The molecule has 2 aromatic heterocycles. The molecular weight excluding hydrogens is 338 g/mol. The van der Waals surface area contributed by atoms with Gasteiger partial charge in [-0.25, -0.2) is 4.68 Å². The second kappa shape index (κ2) is 6.98. The summed E-state index contributed by atoms with van der Waals surface area (Å²) in [5.74, 6) is 0.898. The number of benzene rings is 1. The Labute approximate surface area is 160 Å². The Hall–Kier alpha value is -2.38. The summed E-state index contributed by atoms with van der Waals surface area (Å²) in [7, 11) is 2.17. The molecule has 0 saturated carbocycles. The van der Waals surface area contributed by atoms with Crippen molar-refractivity contribution in [2.24, 2.45) is 0 Å². The van der Waals surface area contributed by atoms with Gasteiger partial charge in [0.05, 0.1) is 17.1 Å². The second-order valence-corrected chi connectivity index (χ2v) is 8.32. The predicted molar refractivity (Wildman–Crippen MR) is 105 cm³/mol. The van der Waals surface area contributed by atoms with Crippen molar-refractivity contribution in [3.63, 3.8) is 0 Å². The first kappa shape index (κ1) is 18.0. The van der Waals surface area contributed by atoms with Crippen LogP contribution < -0.4 is 0 Å². The lowest BCUT2D eigenvalue weighted by Gasteiger charge is -2.38. The third kappa shape index (κ3) is 3.57. The van der Waals surface area contributed by atoms with Crippen LogP contribution in [0.2, 0.25) is 0 Å². The van der Waals surface area contributed by atoms with Crippen LogP contribution in [0.15, 0.2) is 36.5 Å². The molecule has 27 heavy (non-hydrogen) atoms. The lowest BCUT2D eigenvalue weighted by molar-refractivity contribution is 0.118. The molecule has 3 aromatic rings. The molecule has 7 heteroatoms. The van der Waals surface area contributed by atoms with Crippen molar-refractivity contribution >= 4 is 10.9 Å². The molecule has 1 unspecified atom stereocenters. The highest BCUT2D eigenvalue weighted by molar-refractivity contribution is 5.79. The molecule has 0 N–H and O–H groups in total. The van der Waals surface area contributed by atoms with Gasteiger partial charge in [-0.2, -0.15) is 0 Å². The van der Waals surface area contributed by atoms with Gasteiger partial charge in [-0.1, -0.05) is 12.1 Å². The average molecular weight is 365 g/mol. The number of fused-ring (bicyclic) bond motifs is 1. The van der Waals surface area contributed by atoms with Crippen LogP contribution in [0.1, 0.15) is 38.2 Å². The summed E-state index contributed by atoms with van der Waals surface area (Å²) in [6.07, 6.45) is 1.83. The van der Waals surface area contributed by atoms with Crippen LogP contribution in [0.3, 0.4) is 0 Å². The summed E-state index contributed by atoms with van der Waals surface area (Å²) in [4.78, 5) is 9.32. The Kier molecular flexibility index (Phi) is 4.65. The molecule has 0 radical (unpaired) electrons. The lowest BCUT2D eigenvalue weighted by Crippen LogP contribution is -2.47. The first-order chi connectivity index (χ1) is 12.9. The van der Waals surface area contributed by atoms with Crippen LogP contribution in [-0.4, -0.2) is 68.2 Å². The van der Waals surface area contributed by atoms with E-state index in [1.807, 2.05) is 16.9 Å². The van der Waals surface area contributed by atoms with Gasteiger partial charge in [-0.15, -0.1) is 5.10 Å². The lowest BCUT2D eigenvalue weighted by atomic mass is 10.00. The molecule has 4 rings (SSSR count). The van der Waals surface area contributed by atoms with Crippen molar-refractivity contribution < 1.29 is 0 Å². The van der Waals surface area contributed by atoms with Gasteiger partial charge < -0.3 is 4.90 Å². The Morgan fingerprint density at radius 2 is 1.81 bits per heavy atom. The number of rotatable bonds is 3. The quantitative estimate of drug-likeness (QED) is 0.710. The maximum Gasteiger partial charge on any atom is 0.173 e. The van der Waals surface area contributed by atoms with E-state index in [-0.39, 0.29) is 11.6 Å². The molecule has 0 aliphatic carbocycles. The van der Waals surface area contributed by atoms with Crippen LogP contribution in [0.5, 0.6) is 0 Å². The summed E-state index contributed by atoms with van der Waals surface area (Å²) in [5.41, 5.74) is 2.04. The number of pyridine rings is 1. The topological polar surface area (TPSA) is 63.0 Å². The maximum absolute atomic E-state index is 4.46. The van der Waals surface area contributed by atoms with Gasteiger partial charge in [-0.3, -0.25) is 9.88 Å². The highest BCUT2D eigenvalue weighted by Gasteiger charge is 2.32. The molecule has 0 spiro atoms. The van der Waals surface area contributed by atoms with Crippen LogP contribution >= 0.6 is 0 Å². The zero-order chi connectivity index (χ0) is 19.0. The van der Waals surface area contributed by atoms with Gasteiger partial charge >= 0.3 is 0 Å². The van der Waals surface area contributed by atoms with E-state index in [2.05, 4.69) is 82.4 Å². The molecule has 0 amide bonds. The molecule has 1 aliphatic rings. The number of hydrogen-bond donors (Lipinski definition) is 0. The molecule has 0 bridgehead atoms. The smallest absolute Gasteiger partial charge is 0.173 e. The molecule has 1 fully saturated rings. The zero-order valence-electron chi connectivity index (χ0n) is 16.5. The van der Waals surface area contributed by atoms with Crippen LogP contribution in [0.4, 0.5) is 0 Å². The van der Waals surface area contributed by atoms with E-state index in [9.17, 15) is 0 Å². The summed E-state index contributed by atoms with van der Waals surface area (Å²) < 4.78 is 1.96. The first-order valence-corrected chi connectivity index (χ1v) is 9.49. The molecule has 1 aliphatic heterocycles. The van der Waals surface area contributed by atoms with Gasteiger partial charge in [0.1, 0.15) is 0 Å². The molecule has 1 atom stereocenters. The predicted octanol–water partition coefficient (Wildman–Crippen LogP) is 2.31. The van der Waals surface area contributed by atoms with E-state index >= 15 is 0 Å². The van der Waals surface area contributed by atoms with Crippen LogP contribution in [0, 0.1) is 0 Å². The van der Waals surface area contributed by atoms with E-state index < -0.39 is 0 Å². The minimum Gasteiger partial charge on any atom is -0.304 e. The third-order valence-electron chi connectivity index (χ3n) is 5.22. The Morgan fingerprint density at radius 1 is 1.04 bits per heavy atom. The van der Waals surface area contributed by atoms with E-state index in [1.165, 1.54) is 5.56 Å².